The summed E-state index contributed by atoms with van der Waals surface area (Å²) in [5.41, 5.74) is 0.906. The number of nitrogens with one attached hydrogen (secondary N) is 1. The van der Waals surface area contributed by atoms with Crippen LogP contribution < -0.4 is 5.32 Å². The van der Waals surface area contributed by atoms with Crippen molar-refractivity contribution in [2.75, 3.05) is 13.2 Å². The standard InChI is InChI=1S/C15H23FN2O/c1-2-13(14-6-5-12(16)9-17-14)18-10-15(11-19)7-3-4-8-15/h5-6,9,13,18-19H,2-4,7-8,10-11H2,1H3. The van der Waals surface area contributed by atoms with Gasteiger partial charge in [-0.25, -0.2) is 4.39 Å². The van der Waals surface area contributed by atoms with Gasteiger partial charge in [0, 0.05) is 24.6 Å². The first-order valence-corrected chi connectivity index (χ1v) is 7.15. The van der Waals surface area contributed by atoms with Crippen LogP contribution in [0.25, 0.3) is 0 Å². The molecular weight excluding hydrogens is 243 g/mol. The van der Waals surface area contributed by atoms with Gasteiger partial charge in [0.2, 0.25) is 0 Å². The molecule has 0 aromatic carbocycles. The smallest absolute Gasteiger partial charge is 0.141 e. The number of aliphatic hydroxyl groups is 1. The average Bonchev–Trinajstić information content (AvgIpc) is 2.91. The average molecular weight is 266 g/mol. The number of rotatable bonds is 6. The molecule has 0 aliphatic heterocycles. The van der Waals surface area contributed by atoms with Crippen LogP contribution in [0, 0.1) is 11.2 Å². The predicted molar refractivity (Wildman–Crippen MR) is 73.2 cm³/mol. The van der Waals surface area contributed by atoms with Crippen molar-refractivity contribution in [2.45, 2.75) is 45.1 Å². The van der Waals surface area contributed by atoms with Gasteiger partial charge in [-0.15, -0.1) is 0 Å². The van der Waals surface area contributed by atoms with Crippen LogP contribution in [-0.2, 0) is 0 Å². The summed E-state index contributed by atoms with van der Waals surface area (Å²) in [6.45, 7) is 3.14. The van der Waals surface area contributed by atoms with E-state index < -0.39 is 0 Å². The van der Waals surface area contributed by atoms with Crippen molar-refractivity contribution in [3.05, 3.63) is 29.8 Å². The minimum Gasteiger partial charge on any atom is -0.396 e. The number of hydrogen-bond acceptors (Lipinski definition) is 3. The van der Waals surface area contributed by atoms with Crippen LogP contribution in [0.15, 0.2) is 18.3 Å². The highest BCUT2D eigenvalue weighted by molar-refractivity contribution is 5.10. The maximum atomic E-state index is 12.9. The fourth-order valence-electron chi connectivity index (χ4n) is 2.91. The Morgan fingerprint density at radius 1 is 1.42 bits per heavy atom. The number of hydrogen-bond donors (Lipinski definition) is 2. The van der Waals surface area contributed by atoms with Gasteiger partial charge in [0.05, 0.1) is 11.9 Å². The summed E-state index contributed by atoms with van der Waals surface area (Å²) in [5, 5.41) is 13.1. The van der Waals surface area contributed by atoms with Crippen molar-refractivity contribution in [2.24, 2.45) is 5.41 Å². The highest BCUT2D eigenvalue weighted by Gasteiger charge is 2.33. The van der Waals surface area contributed by atoms with Gasteiger partial charge >= 0.3 is 0 Å². The third kappa shape index (κ3) is 3.51. The minimum atomic E-state index is -0.304. The van der Waals surface area contributed by atoms with E-state index in [-0.39, 0.29) is 23.9 Å². The van der Waals surface area contributed by atoms with Gasteiger partial charge in [-0.1, -0.05) is 19.8 Å². The van der Waals surface area contributed by atoms with E-state index in [4.69, 9.17) is 0 Å². The summed E-state index contributed by atoms with van der Waals surface area (Å²) in [5.74, 6) is -0.304. The van der Waals surface area contributed by atoms with E-state index >= 15 is 0 Å². The third-order valence-corrected chi connectivity index (χ3v) is 4.24. The third-order valence-electron chi connectivity index (χ3n) is 4.24. The van der Waals surface area contributed by atoms with Gasteiger partial charge in [0.25, 0.3) is 0 Å². The fourth-order valence-corrected chi connectivity index (χ4v) is 2.91. The Labute approximate surface area is 114 Å². The first-order valence-electron chi connectivity index (χ1n) is 7.15. The Morgan fingerprint density at radius 2 is 2.16 bits per heavy atom. The lowest BCUT2D eigenvalue weighted by molar-refractivity contribution is 0.124. The van der Waals surface area contributed by atoms with Crippen molar-refractivity contribution in [3.8, 4) is 0 Å². The van der Waals surface area contributed by atoms with E-state index in [0.29, 0.717) is 0 Å². The van der Waals surface area contributed by atoms with E-state index in [1.165, 1.54) is 25.1 Å². The molecule has 1 aromatic heterocycles. The van der Waals surface area contributed by atoms with Crippen molar-refractivity contribution in [1.82, 2.24) is 10.3 Å². The SMILES string of the molecule is CCC(NCC1(CO)CCCC1)c1ccc(F)cn1. The first kappa shape index (κ1) is 14.4. The molecule has 1 atom stereocenters. The number of halogens is 1. The van der Waals surface area contributed by atoms with Crippen LogP contribution in [0.2, 0.25) is 0 Å². The maximum absolute atomic E-state index is 12.9. The largest absolute Gasteiger partial charge is 0.396 e. The van der Waals surface area contributed by atoms with Crippen LogP contribution in [0.1, 0.15) is 50.8 Å². The molecule has 0 radical (unpaired) electrons. The molecule has 19 heavy (non-hydrogen) atoms. The monoisotopic (exact) mass is 266 g/mol. The molecule has 1 unspecified atom stereocenters. The zero-order chi connectivity index (χ0) is 13.7. The lowest BCUT2D eigenvalue weighted by Crippen LogP contribution is -2.37. The van der Waals surface area contributed by atoms with Crippen LogP contribution in [0.4, 0.5) is 4.39 Å². The lowest BCUT2D eigenvalue weighted by Gasteiger charge is -2.29. The second kappa shape index (κ2) is 6.44. The Kier molecular flexibility index (Phi) is 4.88. The van der Waals surface area contributed by atoms with Gasteiger partial charge in [-0.05, 0) is 31.4 Å². The number of nitrogens with zero attached hydrogens (tertiary/aromatic N) is 1. The quantitative estimate of drug-likeness (QED) is 0.832. The lowest BCUT2D eigenvalue weighted by atomic mass is 9.87. The van der Waals surface area contributed by atoms with E-state index in [2.05, 4.69) is 17.2 Å². The second-order valence-corrected chi connectivity index (χ2v) is 5.61. The molecule has 1 aliphatic rings. The fraction of sp³-hybridized carbons (Fsp3) is 0.667. The Morgan fingerprint density at radius 3 is 2.68 bits per heavy atom. The predicted octanol–water partition coefficient (Wildman–Crippen LogP) is 2.81. The van der Waals surface area contributed by atoms with E-state index in [9.17, 15) is 9.50 Å². The summed E-state index contributed by atoms with van der Waals surface area (Å²) >= 11 is 0. The van der Waals surface area contributed by atoms with E-state index in [0.717, 1.165) is 31.5 Å². The Balaban J connectivity index is 1.97. The molecule has 2 N–H and O–H groups in total. The normalized spacial score (nSPS) is 19.5. The highest BCUT2D eigenvalue weighted by Crippen LogP contribution is 2.37. The van der Waals surface area contributed by atoms with Gasteiger partial charge < -0.3 is 10.4 Å². The van der Waals surface area contributed by atoms with Gasteiger partial charge in [-0.3, -0.25) is 4.98 Å². The molecule has 1 aromatic rings. The first-order chi connectivity index (χ1) is 9.19. The highest BCUT2D eigenvalue weighted by atomic mass is 19.1. The molecule has 0 saturated heterocycles. The van der Waals surface area contributed by atoms with Gasteiger partial charge in [0.1, 0.15) is 5.82 Å². The van der Waals surface area contributed by atoms with Crippen molar-refractivity contribution in [3.63, 3.8) is 0 Å². The van der Waals surface area contributed by atoms with E-state index in [1.807, 2.05) is 0 Å². The van der Waals surface area contributed by atoms with Crippen LogP contribution >= 0.6 is 0 Å². The summed E-state index contributed by atoms with van der Waals surface area (Å²) < 4.78 is 12.9. The van der Waals surface area contributed by atoms with Crippen molar-refractivity contribution < 1.29 is 9.50 Å². The minimum absolute atomic E-state index is 0.0352. The molecule has 0 spiro atoms. The Bertz CT molecular complexity index is 388. The molecule has 1 fully saturated rings. The Hall–Kier alpha value is -1.00. The summed E-state index contributed by atoms with van der Waals surface area (Å²) in [4.78, 5) is 4.14. The zero-order valence-electron chi connectivity index (χ0n) is 11.5. The topological polar surface area (TPSA) is 45.1 Å². The van der Waals surface area contributed by atoms with Crippen molar-refractivity contribution >= 4 is 0 Å². The summed E-state index contributed by atoms with van der Waals surface area (Å²) in [7, 11) is 0. The molecule has 0 amide bonds. The number of aromatic nitrogens is 1. The van der Waals surface area contributed by atoms with Crippen molar-refractivity contribution in [1.29, 1.82) is 0 Å². The van der Waals surface area contributed by atoms with Crippen LogP contribution in [0.3, 0.4) is 0 Å². The van der Waals surface area contributed by atoms with Gasteiger partial charge in [0.15, 0.2) is 0 Å². The van der Waals surface area contributed by atoms with Crippen LogP contribution in [-0.4, -0.2) is 23.2 Å². The number of aliphatic hydroxyl groups excluding tert-OH is 1. The maximum Gasteiger partial charge on any atom is 0.141 e. The zero-order valence-corrected chi connectivity index (χ0v) is 11.5. The second-order valence-electron chi connectivity index (χ2n) is 5.61. The molecule has 1 heterocycles. The molecule has 3 nitrogen and oxygen atoms in total. The summed E-state index contributed by atoms with van der Waals surface area (Å²) in [6, 6.07) is 3.31. The van der Waals surface area contributed by atoms with E-state index in [1.54, 1.807) is 6.07 Å². The van der Waals surface area contributed by atoms with Gasteiger partial charge in [-0.2, -0.15) is 0 Å². The molecule has 0 bridgehead atoms. The number of pyridine rings is 1. The summed E-state index contributed by atoms with van der Waals surface area (Å²) in [6.07, 6.45) is 6.74. The molecule has 2 rings (SSSR count). The molecule has 1 aliphatic carbocycles. The molecule has 4 heteroatoms. The molecule has 1 saturated carbocycles. The van der Waals surface area contributed by atoms with Crippen LogP contribution in [0.5, 0.6) is 0 Å². The molecule has 106 valence electrons. The molecular formula is C15H23FN2O.